The minimum atomic E-state index is -2.94. The third kappa shape index (κ3) is 4.30. The van der Waals surface area contributed by atoms with Crippen LogP contribution in [0.3, 0.4) is 0 Å². The van der Waals surface area contributed by atoms with E-state index in [1.165, 1.54) is 19.3 Å². The van der Waals surface area contributed by atoms with E-state index in [0.717, 1.165) is 15.6 Å². The summed E-state index contributed by atoms with van der Waals surface area (Å²) < 4.78 is 51.8. The largest absolute Gasteiger partial charge is 0.315 e. The Morgan fingerprint density at radius 3 is 2.46 bits per heavy atom. The number of anilines is 2. The Morgan fingerprint density at radius 2 is 1.83 bits per heavy atom. The molecule has 2 aromatic rings. The number of alkyl halides is 4. The zero-order chi connectivity index (χ0) is 17.9. The number of hydrogen-bond donors (Lipinski definition) is 2. The molecule has 0 spiro atoms. The predicted octanol–water partition coefficient (Wildman–Crippen LogP) is 1.40. The number of amides is 2. The molecule has 0 atom stereocenters. The molecule has 0 radical (unpaired) electrons. The average molecular weight is 348 g/mol. The minimum absolute atomic E-state index is 0.129. The van der Waals surface area contributed by atoms with Crippen LogP contribution >= 0.6 is 0 Å². The standard InChI is InChI=1S/C12H12F4N6O2/c1-21-4-6(9(20-21)10(15)16)17-11(23)12(24)18-8-2-3-22(19-8)5-7(13)14/h2-4,7,10H,5H2,1H3,(H,17,23)(H,18,19,24). The molecule has 0 saturated carbocycles. The lowest BCUT2D eigenvalue weighted by Gasteiger charge is -2.04. The van der Waals surface area contributed by atoms with E-state index in [2.05, 4.69) is 15.5 Å². The van der Waals surface area contributed by atoms with Gasteiger partial charge in [-0.3, -0.25) is 19.0 Å². The van der Waals surface area contributed by atoms with Gasteiger partial charge in [-0.2, -0.15) is 10.2 Å². The van der Waals surface area contributed by atoms with Crippen molar-refractivity contribution in [2.45, 2.75) is 19.4 Å². The zero-order valence-electron chi connectivity index (χ0n) is 12.2. The normalized spacial score (nSPS) is 11.1. The van der Waals surface area contributed by atoms with Crippen LogP contribution in [0, 0.1) is 0 Å². The van der Waals surface area contributed by atoms with E-state index in [9.17, 15) is 27.2 Å². The van der Waals surface area contributed by atoms with Crippen molar-refractivity contribution >= 4 is 23.3 Å². The van der Waals surface area contributed by atoms with E-state index in [-0.39, 0.29) is 11.5 Å². The molecule has 130 valence electrons. The van der Waals surface area contributed by atoms with Crippen molar-refractivity contribution < 1.29 is 27.2 Å². The summed E-state index contributed by atoms with van der Waals surface area (Å²) in [4.78, 5) is 23.4. The molecule has 2 N–H and O–H groups in total. The molecular weight excluding hydrogens is 336 g/mol. The molecule has 0 bridgehead atoms. The Balaban J connectivity index is 2.00. The number of aromatic nitrogens is 4. The van der Waals surface area contributed by atoms with Gasteiger partial charge in [-0.1, -0.05) is 0 Å². The molecule has 24 heavy (non-hydrogen) atoms. The number of carbonyl (C=O) groups excluding carboxylic acids is 2. The lowest BCUT2D eigenvalue weighted by molar-refractivity contribution is -0.133. The highest BCUT2D eigenvalue weighted by atomic mass is 19.3. The van der Waals surface area contributed by atoms with Crippen molar-refractivity contribution in [3.8, 4) is 0 Å². The van der Waals surface area contributed by atoms with Gasteiger partial charge in [0.1, 0.15) is 6.54 Å². The van der Waals surface area contributed by atoms with E-state index in [4.69, 9.17) is 0 Å². The van der Waals surface area contributed by atoms with Gasteiger partial charge in [0.2, 0.25) is 0 Å². The summed E-state index contributed by atoms with van der Waals surface area (Å²) in [7, 11) is 1.37. The molecule has 0 aliphatic heterocycles. The van der Waals surface area contributed by atoms with Gasteiger partial charge in [0.15, 0.2) is 11.5 Å². The highest BCUT2D eigenvalue weighted by Crippen LogP contribution is 2.24. The van der Waals surface area contributed by atoms with Gasteiger partial charge >= 0.3 is 11.8 Å². The molecule has 2 aromatic heterocycles. The third-order valence-corrected chi connectivity index (χ3v) is 2.73. The Morgan fingerprint density at radius 1 is 1.17 bits per heavy atom. The van der Waals surface area contributed by atoms with E-state index in [1.807, 2.05) is 5.32 Å². The fourth-order valence-corrected chi connectivity index (χ4v) is 1.79. The smallest absolute Gasteiger partial charge is 0.315 e. The molecular formula is C12H12F4N6O2. The van der Waals surface area contributed by atoms with Crippen LogP contribution in [0.25, 0.3) is 0 Å². The first-order valence-electron chi connectivity index (χ1n) is 6.52. The fraction of sp³-hybridized carbons (Fsp3) is 0.333. The highest BCUT2D eigenvalue weighted by Gasteiger charge is 2.22. The number of nitrogens with zero attached hydrogens (tertiary/aromatic N) is 4. The minimum Gasteiger partial charge on any atom is -0.315 e. The monoisotopic (exact) mass is 348 g/mol. The summed E-state index contributed by atoms with van der Waals surface area (Å²) in [6.07, 6.45) is -3.26. The van der Waals surface area contributed by atoms with Gasteiger partial charge in [-0.15, -0.1) is 0 Å². The molecule has 0 saturated heterocycles. The topological polar surface area (TPSA) is 93.8 Å². The van der Waals surface area contributed by atoms with Crippen molar-refractivity contribution in [1.82, 2.24) is 19.6 Å². The fourth-order valence-electron chi connectivity index (χ4n) is 1.79. The summed E-state index contributed by atoms with van der Waals surface area (Å²) in [6, 6.07) is 1.21. The van der Waals surface area contributed by atoms with Crippen molar-refractivity contribution in [3.05, 3.63) is 24.2 Å². The second kappa shape index (κ2) is 7.10. The van der Waals surface area contributed by atoms with Crippen molar-refractivity contribution in [2.24, 2.45) is 7.05 Å². The molecule has 2 amide bonds. The number of hydrogen-bond acceptors (Lipinski definition) is 4. The lowest BCUT2D eigenvalue weighted by Crippen LogP contribution is -2.29. The summed E-state index contributed by atoms with van der Waals surface area (Å²) in [5.41, 5.74) is -0.990. The van der Waals surface area contributed by atoms with Crippen LogP contribution < -0.4 is 10.6 Å². The van der Waals surface area contributed by atoms with Gasteiger partial charge in [0, 0.05) is 25.5 Å². The Hall–Kier alpha value is -2.92. The van der Waals surface area contributed by atoms with Crippen molar-refractivity contribution in [3.63, 3.8) is 0 Å². The van der Waals surface area contributed by atoms with Crippen LogP contribution in [0.1, 0.15) is 12.1 Å². The summed E-state index contributed by atoms with van der Waals surface area (Å²) in [5.74, 6) is -2.55. The predicted molar refractivity (Wildman–Crippen MR) is 73.7 cm³/mol. The van der Waals surface area contributed by atoms with Crippen molar-refractivity contribution in [2.75, 3.05) is 10.6 Å². The molecule has 0 unspecified atom stereocenters. The zero-order valence-corrected chi connectivity index (χ0v) is 12.2. The summed E-state index contributed by atoms with van der Waals surface area (Å²) in [5, 5.41) is 11.2. The quantitative estimate of drug-likeness (QED) is 0.631. The Labute approximate surface area is 132 Å². The summed E-state index contributed by atoms with van der Waals surface area (Å²) >= 11 is 0. The van der Waals surface area contributed by atoms with E-state index >= 15 is 0 Å². The molecule has 2 heterocycles. The van der Waals surface area contributed by atoms with Crippen LogP contribution in [0.5, 0.6) is 0 Å². The van der Waals surface area contributed by atoms with Gasteiger partial charge < -0.3 is 10.6 Å². The summed E-state index contributed by atoms with van der Waals surface area (Å²) in [6.45, 7) is -0.671. The maximum Gasteiger partial charge on any atom is 0.315 e. The molecule has 0 aliphatic rings. The van der Waals surface area contributed by atoms with E-state index < -0.39 is 36.9 Å². The molecule has 0 aromatic carbocycles. The van der Waals surface area contributed by atoms with Crippen LogP contribution in [-0.4, -0.2) is 37.8 Å². The highest BCUT2D eigenvalue weighted by molar-refractivity contribution is 6.43. The SMILES string of the molecule is Cn1cc(NC(=O)C(=O)Nc2ccn(CC(F)F)n2)c(C(F)F)n1. The number of halogens is 4. The Kier molecular flexibility index (Phi) is 5.16. The number of aryl methyl sites for hydroxylation is 1. The second-order valence-electron chi connectivity index (χ2n) is 4.62. The molecule has 2 rings (SSSR count). The van der Waals surface area contributed by atoms with Crippen molar-refractivity contribution in [1.29, 1.82) is 0 Å². The van der Waals surface area contributed by atoms with Gasteiger partial charge in [0.05, 0.1) is 5.69 Å². The maximum absolute atomic E-state index is 12.7. The molecule has 12 heteroatoms. The first kappa shape index (κ1) is 17.4. The van der Waals surface area contributed by atoms with E-state index in [1.54, 1.807) is 0 Å². The number of nitrogens with one attached hydrogen (secondary N) is 2. The molecule has 0 aliphatic carbocycles. The first-order valence-corrected chi connectivity index (χ1v) is 6.52. The van der Waals surface area contributed by atoms with Gasteiger partial charge in [-0.05, 0) is 0 Å². The first-order chi connectivity index (χ1) is 11.3. The number of carbonyl (C=O) groups is 2. The lowest BCUT2D eigenvalue weighted by atomic mass is 10.3. The van der Waals surface area contributed by atoms with Crippen LogP contribution in [0.2, 0.25) is 0 Å². The van der Waals surface area contributed by atoms with Crippen LogP contribution in [-0.2, 0) is 23.2 Å². The average Bonchev–Trinajstić information content (AvgIpc) is 3.04. The maximum atomic E-state index is 12.7. The van der Waals surface area contributed by atoms with Gasteiger partial charge in [-0.25, -0.2) is 17.6 Å². The van der Waals surface area contributed by atoms with Gasteiger partial charge in [0.25, 0.3) is 12.9 Å². The second-order valence-corrected chi connectivity index (χ2v) is 4.62. The van der Waals surface area contributed by atoms with Crippen LogP contribution in [0.15, 0.2) is 18.5 Å². The Bertz CT molecular complexity index is 742. The molecule has 0 fully saturated rings. The van der Waals surface area contributed by atoms with Crippen LogP contribution in [0.4, 0.5) is 29.1 Å². The molecule has 8 nitrogen and oxygen atoms in total. The third-order valence-electron chi connectivity index (χ3n) is 2.73. The number of rotatable bonds is 5. The van der Waals surface area contributed by atoms with E-state index in [0.29, 0.717) is 0 Å².